The normalized spacial score (nSPS) is 10.8. The Morgan fingerprint density at radius 2 is 2.04 bits per heavy atom. The molecule has 0 fully saturated rings. The van der Waals surface area contributed by atoms with Crippen LogP contribution in [-0.4, -0.2) is 34.5 Å². The summed E-state index contributed by atoms with van der Waals surface area (Å²) in [6.07, 6.45) is 1.41. The molecule has 0 unspecified atom stereocenters. The van der Waals surface area contributed by atoms with E-state index < -0.39 is 5.91 Å². The largest absolute Gasteiger partial charge is 0.504 e. The van der Waals surface area contributed by atoms with Gasteiger partial charge < -0.3 is 9.84 Å². The average Bonchev–Trinajstić information content (AvgIpc) is 3.14. The summed E-state index contributed by atoms with van der Waals surface area (Å²) in [4.78, 5) is 12.1. The number of aromatic nitrogens is 2. The minimum Gasteiger partial charge on any atom is -0.504 e. The van der Waals surface area contributed by atoms with Crippen molar-refractivity contribution in [2.45, 2.75) is 0 Å². The molecule has 0 aliphatic carbocycles. The van der Waals surface area contributed by atoms with E-state index in [1.54, 1.807) is 30.3 Å². The number of phenolic OH excluding ortho intramolecular Hbond substituents is 1. The van der Waals surface area contributed by atoms with Gasteiger partial charge in [0.1, 0.15) is 11.5 Å². The first-order valence-electron chi connectivity index (χ1n) is 7.58. The number of nitrogens with zero attached hydrogens (tertiary/aromatic N) is 2. The van der Waals surface area contributed by atoms with Gasteiger partial charge in [0.05, 0.1) is 19.0 Å². The number of methoxy groups -OCH3 is 1. The third kappa shape index (κ3) is 3.86. The summed E-state index contributed by atoms with van der Waals surface area (Å²) in [5, 5.41) is 20.0. The van der Waals surface area contributed by atoms with Gasteiger partial charge >= 0.3 is 0 Å². The molecule has 0 saturated heterocycles. The Morgan fingerprint density at radius 3 is 2.77 bits per heavy atom. The number of aromatic amines is 1. The molecule has 1 amide bonds. The van der Waals surface area contributed by atoms with Gasteiger partial charge in [0.2, 0.25) is 0 Å². The second kappa shape index (κ2) is 7.47. The smallest absolute Gasteiger partial charge is 0.289 e. The summed E-state index contributed by atoms with van der Waals surface area (Å²) >= 11 is 0. The molecule has 3 aromatic rings. The van der Waals surface area contributed by atoms with Gasteiger partial charge in [-0.25, -0.2) is 9.82 Å². The van der Waals surface area contributed by atoms with Gasteiger partial charge in [-0.05, 0) is 54.1 Å². The fourth-order valence-electron chi connectivity index (χ4n) is 2.21. The lowest BCUT2D eigenvalue weighted by atomic mass is 10.1. The molecule has 8 heteroatoms. The number of benzene rings is 2. The number of carbonyl (C=O) groups is 1. The molecule has 3 N–H and O–H groups in total. The number of rotatable bonds is 5. The van der Waals surface area contributed by atoms with E-state index in [-0.39, 0.29) is 17.3 Å². The molecule has 7 nitrogen and oxygen atoms in total. The maximum absolute atomic E-state index is 13.0. The van der Waals surface area contributed by atoms with Crippen LogP contribution in [0.5, 0.6) is 11.5 Å². The number of amides is 1. The quantitative estimate of drug-likeness (QED) is 0.484. The van der Waals surface area contributed by atoms with Crippen LogP contribution < -0.4 is 10.2 Å². The Bertz CT molecular complexity index is 951. The number of ether oxygens (including phenoxy) is 1. The highest BCUT2D eigenvalue weighted by Gasteiger charge is 2.10. The molecule has 0 aliphatic heterocycles. The molecule has 132 valence electrons. The maximum atomic E-state index is 13.0. The summed E-state index contributed by atoms with van der Waals surface area (Å²) in [5.74, 6) is -0.507. The van der Waals surface area contributed by atoms with Crippen molar-refractivity contribution in [2.24, 2.45) is 5.10 Å². The van der Waals surface area contributed by atoms with Crippen molar-refractivity contribution >= 4 is 12.1 Å². The third-order valence-corrected chi connectivity index (χ3v) is 3.55. The number of carbonyl (C=O) groups excluding carboxylic acids is 1. The zero-order valence-electron chi connectivity index (χ0n) is 13.7. The van der Waals surface area contributed by atoms with Crippen molar-refractivity contribution < 1.29 is 19.0 Å². The zero-order chi connectivity index (χ0) is 18.5. The number of phenols is 1. The number of H-pyrrole nitrogens is 1. The predicted octanol–water partition coefficient (Wildman–Crippen LogP) is 2.69. The van der Waals surface area contributed by atoms with Crippen LogP contribution >= 0.6 is 0 Å². The predicted molar refractivity (Wildman–Crippen MR) is 93.7 cm³/mol. The van der Waals surface area contributed by atoms with Gasteiger partial charge in [-0.2, -0.15) is 10.2 Å². The molecule has 0 atom stereocenters. The third-order valence-electron chi connectivity index (χ3n) is 3.55. The van der Waals surface area contributed by atoms with Crippen LogP contribution in [0.25, 0.3) is 11.3 Å². The standard InChI is InChI=1S/C18H15FN4O3/c1-26-17-8-11(2-7-16(17)24)10-20-23-18(25)15-9-14(21-22-15)12-3-5-13(19)6-4-12/h2-10,24H,1H3,(H,21,22)(H,23,25)/b20-10+. The summed E-state index contributed by atoms with van der Waals surface area (Å²) in [6.45, 7) is 0. The van der Waals surface area contributed by atoms with Crippen molar-refractivity contribution in [3.8, 4) is 22.8 Å². The van der Waals surface area contributed by atoms with Crippen molar-refractivity contribution in [1.29, 1.82) is 0 Å². The molecular weight excluding hydrogens is 339 g/mol. The molecule has 1 aromatic heterocycles. The molecule has 0 spiro atoms. The van der Waals surface area contributed by atoms with E-state index in [9.17, 15) is 14.3 Å². The Hall–Kier alpha value is -3.68. The summed E-state index contributed by atoms with van der Waals surface area (Å²) in [6, 6.07) is 12.0. The first-order chi connectivity index (χ1) is 12.6. The fraction of sp³-hybridized carbons (Fsp3) is 0.0556. The molecule has 0 bridgehead atoms. The van der Waals surface area contributed by atoms with Gasteiger partial charge in [0.25, 0.3) is 5.91 Å². The van der Waals surface area contributed by atoms with Crippen LogP contribution in [0, 0.1) is 5.82 Å². The highest BCUT2D eigenvalue weighted by Crippen LogP contribution is 2.25. The van der Waals surface area contributed by atoms with Gasteiger partial charge in [0.15, 0.2) is 11.5 Å². The van der Waals surface area contributed by atoms with Crippen LogP contribution in [0.2, 0.25) is 0 Å². The molecule has 0 aliphatic rings. The van der Waals surface area contributed by atoms with Crippen LogP contribution in [0.4, 0.5) is 4.39 Å². The fourth-order valence-corrected chi connectivity index (χ4v) is 2.21. The number of hydrogen-bond acceptors (Lipinski definition) is 5. The molecule has 1 heterocycles. The summed E-state index contributed by atoms with van der Waals surface area (Å²) in [7, 11) is 1.44. The number of hydrogen-bond donors (Lipinski definition) is 3. The monoisotopic (exact) mass is 354 g/mol. The molecule has 0 radical (unpaired) electrons. The summed E-state index contributed by atoms with van der Waals surface area (Å²) < 4.78 is 18.0. The number of nitrogens with one attached hydrogen (secondary N) is 2. The maximum Gasteiger partial charge on any atom is 0.289 e. The lowest BCUT2D eigenvalue weighted by Crippen LogP contribution is -2.18. The second-order valence-electron chi connectivity index (χ2n) is 5.30. The van der Waals surface area contributed by atoms with E-state index in [0.29, 0.717) is 22.6 Å². The van der Waals surface area contributed by atoms with Crippen LogP contribution in [0.1, 0.15) is 16.1 Å². The number of aromatic hydroxyl groups is 1. The molecule has 26 heavy (non-hydrogen) atoms. The van der Waals surface area contributed by atoms with Crippen molar-refractivity contribution in [1.82, 2.24) is 15.6 Å². The first-order valence-corrected chi connectivity index (χ1v) is 7.58. The van der Waals surface area contributed by atoms with Gasteiger partial charge in [-0.1, -0.05) is 0 Å². The highest BCUT2D eigenvalue weighted by atomic mass is 19.1. The Morgan fingerprint density at radius 1 is 1.27 bits per heavy atom. The van der Waals surface area contributed by atoms with Gasteiger partial charge in [0, 0.05) is 5.56 Å². The minimum atomic E-state index is -0.479. The van der Waals surface area contributed by atoms with Gasteiger partial charge in [-0.3, -0.25) is 9.89 Å². The number of hydrazone groups is 1. The van der Waals surface area contributed by atoms with Crippen molar-refractivity contribution in [3.05, 3.63) is 65.6 Å². The van der Waals surface area contributed by atoms with E-state index >= 15 is 0 Å². The first kappa shape index (κ1) is 17.2. The minimum absolute atomic E-state index is 0.0134. The molecular formula is C18H15FN4O3. The Labute approximate surface area is 148 Å². The molecule has 0 saturated carbocycles. The Balaban J connectivity index is 1.66. The van der Waals surface area contributed by atoms with E-state index in [2.05, 4.69) is 20.7 Å². The van der Waals surface area contributed by atoms with E-state index in [1.807, 2.05) is 0 Å². The number of halogens is 1. The van der Waals surface area contributed by atoms with Gasteiger partial charge in [-0.15, -0.1) is 0 Å². The van der Waals surface area contributed by atoms with Crippen molar-refractivity contribution in [3.63, 3.8) is 0 Å². The van der Waals surface area contributed by atoms with Crippen LogP contribution in [0.3, 0.4) is 0 Å². The molecule has 2 aromatic carbocycles. The molecule has 3 rings (SSSR count). The topological polar surface area (TPSA) is 99.6 Å². The van der Waals surface area contributed by atoms with Crippen LogP contribution in [-0.2, 0) is 0 Å². The summed E-state index contributed by atoms with van der Waals surface area (Å²) in [5.41, 5.74) is 4.42. The van der Waals surface area contributed by atoms with Crippen molar-refractivity contribution in [2.75, 3.05) is 7.11 Å². The lowest BCUT2D eigenvalue weighted by Gasteiger charge is -2.03. The average molecular weight is 354 g/mol. The van der Waals surface area contributed by atoms with E-state index in [1.165, 1.54) is 31.5 Å². The van der Waals surface area contributed by atoms with E-state index in [0.717, 1.165) is 0 Å². The van der Waals surface area contributed by atoms with Crippen LogP contribution in [0.15, 0.2) is 53.6 Å². The highest BCUT2D eigenvalue weighted by molar-refractivity contribution is 5.94. The van der Waals surface area contributed by atoms with E-state index in [4.69, 9.17) is 4.74 Å². The zero-order valence-corrected chi connectivity index (χ0v) is 13.7. The second-order valence-corrected chi connectivity index (χ2v) is 5.30. The lowest BCUT2D eigenvalue weighted by molar-refractivity contribution is 0.0950. The SMILES string of the molecule is COc1cc(/C=N/NC(=O)c2cc(-c3ccc(F)cc3)n[nH]2)ccc1O. The Kier molecular flexibility index (Phi) is 4.93.